The number of benzene rings is 1. The molecule has 0 saturated carbocycles. The smallest absolute Gasteiger partial charge is 0.276 e. The fourth-order valence-corrected chi connectivity index (χ4v) is 3.75. The van der Waals surface area contributed by atoms with E-state index in [0.29, 0.717) is 10.9 Å². The van der Waals surface area contributed by atoms with Crippen molar-refractivity contribution in [2.45, 2.75) is 13.1 Å². The van der Waals surface area contributed by atoms with Gasteiger partial charge in [-0.1, -0.05) is 34.6 Å². The van der Waals surface area contributed by atoms with E-state index in [1.807, 2.05) is 37.3 Å². The van der Waals surface area contributed by atoms with E-state index in [9.17, 15) is 4.79 Å². The summed E-state index contributed by atoms with van der Waals surface area (Å²) in [6.45, 7) is 2.02. The highest BCUT2D eigenvalue weighted by molar-refractivity contribution is 9.10. The van der Waals surface area contributed by atoms with Gasteiger partial charge < -0.3 is 0 Å². The zero-order chi connectivity index (χ0) is 17.4. The number of amidine groups is 1. The van der Waals surface area contributed by atoms with Crippen molar-refractivity contribution in [2.75, 3.05) is 5.75 Å². The van der Waals surface area contributed by atoms with Gasteiger partial charge in [-0.3, -0.25) is 20.1 Å². The lowest BCUT2D eigenvalue weighted by Gasteiger charge is -2.34. The molecule has 1 amide bonds. The molecule has 8 heteroatoms. The number of carbonyl (C=O) groups is 1. The Labute approximate surface area is 156 Å². The largest absolute Gasteiger partial charge is 0.298 e. The molecule has 0 bridgehead atoms. The molecule has 0 aliphatic carbocycles. The molecule has 2 aliphatic rings. The number of hydrogen-bond acceptors (Lipinski definition) is 6. The maximum Gasteiger partial charge on any atom is 0.276 e. The summed E-state index contributed by atoms with van der Waals surface area (Å²) >= 11 is 4.96. The average Bonchev–Trinajstić information content (AvgIpc) is 2.62. The fraction of sp³-hybridized carbons (Fsp3) is 0.176. The summed E-state index contributed by atoms with van der Waals surface area (Å²) in [5, 5.41) is 11.4. The lowest BCUT2D eigenvalue weighted by molar-refractivity contribution is -0.116. The Balaban J connectivity index is 1.98. The van der Waals surface area contributed by atoms with E-state index in [-0.39, 0.29) is 5.91 Å². The Morgan fingerprint density at radius 3 is 2.84 bits per heavy atom. The van der Waals surface area contributed by atoms with Crippen LogP contribution in [-0.4, -0.2) is 26.8 Å². The number of nitrogens with one attached hydrogen (secondary N) is 1. The second kappa shape index (κ2) is 6.61. The zero-order valence-electron chi connectivity index (χ0n) is 13.3. The maximum atomic E-state index is 12.8. The first-order valence-corrected chi connectivity index (χ1v) is 9.55. The van der Waals surface area contributed by atoms with Crippen LogP contribution in [0.15, 0.2) is 57.3 Å². The van der Waals surface area contributed by atoms with Crippen LogP contribution in [0.2, 0.25) is 0 Å². The standard InChI is InChI=1S/C17H14BrN5OS/c1-2-25-17-21-16(24)14-12-9-11(18)3-4-13(12)20-15(23(14)22-17)10-5-7-19-8-6-10/h3-9,15H,2H2,1H3,(H,21,22,24)/t15-/m1/s1. The molecule has 1 N–H and O–H groups in total. The summed E-state index contributed by atoms with van der Waals surface area (Å²) < 4.78 is 0.891. The van der Waals surface area contributed by atoms with Gasteiger partial charge in [0.05, 0.1) is 5.36 Å². The molecule has 1 atom stereocenters. The molecule has 25 heavy (non-hydrogen) atoms. The highest BCUT2D eigenvalue weighted by Crippen LogP contribution is 2.30. The minimum Gasteiger partial charge on any atom is -0.298 e. The molecule has 0 unspecified atom stereocenters. The van der Waals surface area contributed by atoms with E-state index in [0.717, 1.165) is 26.4 Å². The molecule has 1 aromatic carbocycles. The van der Waals surface area contributed by atoms with E-state index in [4.69, 9.17) is 4.99 Å². The Hall–Kier alpha value is -2.19. The Morgan fingerprint density at radius 1 is 1.28 bits per heavy atom. The fourth-order valence-electron chi connectivity index (χ4n) is 2.81. The first-order valence-electron chi connectivity index (χ1n) is 7.77. The minimum atomic E-state index is -0.398. The van der Waals surface area contributed by atoms with Gasteiger partial charge >= 0.3 is 0 Å². The van der Waals surface area contributed by atoms with Crippen molar-refractivity contribution in [1.82, 2.24) is 15.3 Å². The summed E-state index contributed by atoms with van der Waals surface area (Å²) in [6, 6.07) is 9.52. The summed E-state index contributed by atoms with van der Waals surface area (Å²) in [7, 11) is 0. The van der Waals surface area contributed by atoms with Crippen molar-refractivity contribution in [3.8, 4) is 0 Å². The van der Waals surface area contributed by atoms with Crippen molar-refractivity contribution < 1.29 is 4.79 Å². The topological polar surface area (TPSA) is 70.0 Å². The van der Waals surface area contributed by atoms with Gasteiger partial charge in [-0.25, -0.2) is 5.01 Å². The molecule has 2 aromatic rings. The van der Waals surface area contributed by atoms with E-state index >= 15 is 0 Å². The number of nitrogens with zero attached hydrogens (tertiary/aromatic N) is 4. The Bertz CT molecular complexity index is 992. The van der Waals surface area contributed by atoms with Gasteiger partial charge in [-0.05, 0) is 36.1 Å². The first-order chi connectivity index (χ1) is 12.2. The molecule has 4 rings (SSSR count). The van der Waals surface area contributed by atoms with E-state index in [1.165, 1.54) is 11.8 Å². The third-order valence-corrected chi connectivity index (χ3v) is 5.09. The number of halogens is 1. The normalized spacial score (nSPS) is 18.7. The predicted molar refractivity (Wildman–Crippen MR) is 101 cm³/mol. The quantitative estimate of drug-likeness (QED) is 0.810. The van der Waals surface area contributed by atoms with Crippen LogP contribution in [0.1, 0.15) is 18.7 Å². The van der Waals surface area contributed by atoms with Gasteiger partial charge in [0.1, 0.15) is 5.70 Å². The average molecular weight is 416 g/mol. The molecule has 0 saturated heterocycles. The molecule has 6 nitrogen and oxygen atoms in total. The Kier molecular flexibility index (Phi) is 4.30. The van der Waals surface area contributed by atoms with E-state index in [2.05, 4.69) is 31.3 Å². The van der Waals surface area contributed by atoms with Crippen molar-refractivity contribution in [1.29, 1.82) is 0 Å². The number of fused-ring (bicyclic) bond motifs is 2. The number of rotatable bonds is 2. The van der Waals surface area contributed by atoms with Gasteiger partial charge in [-0.2, -0.15) is 0 Å². The van der Waals surface area contributed by atoms with Crippen LogP contribution in [0.25, 0.3) is 5.70 Å². The van der Waals surface area contributed by atoms with Crippen LogP contribution < -0.4 is 15.9 Å². The summed E-state index contributed by atoms with van der Waals surface area (Å²) in [4.78, 5) is 21.7. The molecule has 0 fully saturated rings. The van der Waals surface area contributed by atoms with E-state index in [1.54, 1.807) is 17.4 Å². The second-order valence-electron chi connectivity index (χ2n) is 5.43. The molecule has 126 valence electrons. The van der Waals surface area contributed by atoms with Gasteiger partial charge in [0, 0.05) is 27.6 Å². The number of amides is 1. The van der Waals surface area contributed by atoms with Crippen molar-refractivity contribution in [3.05, 3.63) is 63.3 Å². The Morgan fingerprint density at radius 2 is 2.08 bits per heavy atom. The van der Waals surface area contributed by atoms with Crippen LogP contribution >= 0.6 is 27.7 Å². The molecule has 0 radical (unpaired) electrons. The SMILES string of the molecule is CCSC1=NN2C(=c3cc(Br)ccc3=N[C@H]2c2ccncc2)C(=O)N1. The minimum absolute atomic E-state index is 0.167. The van der Waals surface area contributed by atoms with Gasteiger partial charge in [0.15, 0.2) is 11.3 Å². The predicted octanol–water partition coefficient (Wildman–Crippen LogP) is 1.74. The molecule has 1 aromatic heterocycles. The first kappa shape index (κ1) is 16.3. The number of carbonyl (C=O) groups excluding carboxylic acids is 1. The number of thioether (sulfide) groups is 1. The number of hydrogen-bond donors (Lipinski definition) is 1. The molecule has 3 heterocycles. The van der Waals surface area contributed by atoms with E-state index < -0.39 is 6.17 Å². The number of aromatic nitrogens is 1. The number of pyridine rings is 1. The summed E-state index contributed by atoms with van der Waals surface area (Å²) in [5.41, 5.74) is 1.44. The van der Waals surface area contributed by atoms with Crippen LogP contribution in [0.3, 0.4) is 0 Å². The molecular weight excluding hydrogens is 402 g/mol. The summed E-state index contributed by atoms with van der Waals surface area (Å²) in [5.74, 6) is 0.654. The van der Waals surface area contributed by atoms with Gasteiger partial charge in [0.2, 0.25) is 0 Å². The van der Waals surface area contributed by atoms with Gasteiger partial charge in [0.25, 0.3) is 5.91 Å². The molecule has 2 aliphatic heterocycles. The van der Waals surface area contributed by atoms with Crippen molar-refractivity contribution in [3.63, 3.8) is 0 Å². The monoisotopic (exact) mass is 415 g/mol. The summed E-state index contributed by atoms with van der Waals surface area (Å²) in [6.07, 6.45) is 3.04. The lowest BCUT2D eigenvalue weighted by atomic mass is 10.1. The van der Waals surface area contributed by atoms with Crippen molar-refractivity contribution >= 4 is 44.5 Å². The lowest BCUT2D eigenvalue weighted by Crippen LogP contribution is -2.50. The van der Waals surface area contributed by atoms with Crippen LogP contribution in [-0.2, 0) is 4.79 Å². The highest BCUT2D eigenvalue weighted by Gasteiger charge is 2.34. The highest BCUT2D eigenvalue weighted by atomic mass is 79.9. The molecule has 0 spiro atoms. The molecular formula is C17H14BrN5OS. The zero-order valence-corrected chi connectivity index (χ0v) is 15.7. The van der Waals surface area contributed by atoms with Crippen molar-refractivity contribution in [2.24, 2.45) is 10.1 Å². The second-order valence-corrected chi connectivity index (χ2v) is 7.60. The maximum absolute atomic E-state index is 12.8. The number of hydrazone groups is 1. The van der Waals surface area contributed by atoms with Crippen LogP contribution in [0.4, 0.5) is 0 Å². The third kappa shape index (κ3) is 2.96. The van der Waals surface area contributed by atoms with Gasteiger partial charge in [-0.15, -0.1) is 5.10 Å². The van der Waals surface area contributed by atoms with Crippen LogP contribution in [0, 0.1) is 0 Å². The third-order valence-electron chi connectivity index (χ3n) is 3.86. The van der Waals surface area contributed by atoms with Crippen LogP contribution in [0.5, 0.6) is 0 Å².